The number of hydrogen-bond acceptors (Lipinski definition) is 20. The van der Waals surface area contributed by atoms with Crippen molar-refractivity contribution in [3.8, 4) is 0 Å². The number of aliphatic hydroxyl groups is 5. The maximum Gasteiger partial charge on any atom is 1.00 e. The van der Waals surface area contributed by atoms with Gasteiger partial charge in [0.1, 0.15) is 36.5 Å². The smallest absolute Gasteiger partial charge is 0.550 e. The number of nitrogens with one attached hydrogen (secondary N) is 2. The number of carbonyl (C=O) groups excluding carboxylic acids is 4. The fraction of sp³-hybridized carbons (Fsp3) is 0.886. The zero-order valence-electron chi connectivity index (χ0n) is 34.4. The van der Waals surface area contributed by atoms with Gasteiger partial charge in [-0.1, -0.05) is 6.92 Å². The van der Waals surface area contributed by atoms with Gasteiger partial charge in [-0.2, -0.15) is 0 Å². The second-order valence-corrected chi connectivity index (χ2v) is 14.6. The van der Waals surface area contributed by atoms with Crippen LogP contribution in [0.4, 0.5) is 0 Å². The molecule has 0 aromatic carbocycles. The van der Waals surface area contributed by atoms with Gasteiger partial charge >= 0.3 is 59.1 Å². The number of methoxy groups -OCH3 is 2. The van der Waals surface area contributed by atoms with Crippen LogP contribution in [0.1, 0.15) is 52.9 Å². The van der Waals surface area contributed by atoms with Crippen LogP contribution in [0.25, 0.3) is 0 Å². The number of aliphatic hydroxyl groups excluding tert-OH is 5. The first kappa shape index (κ1) is 54.5. The van der Waals surface area contributed by atoms with E-state index in [0.29, 0.717) is 6.42 Å². The Morgan fingerprint density at radius 3 is 1.85 bits per heavy atom. The first-order chi connectivity index (χ1) is 27.0. The molecular weight excluding hydrogens is 814 g/mol. The van der Waals surface area contributed by atoms with Crippen LogP contribution in [0.15, 0.2) is 0 Å². The third-order valence-electron chi connectivity index (χ3n) is 10.5. The van der Waals surface area contributed by atoms with Gasteiger partial charge in [-0.15, -0.1) is 0 Å². The van der Waals surface area contributed by atoms with Crippen molar-refractivity contribution in [2.75, 3.05) is 34.0 Å². The Hall–Kier alpha value is -0.680. The molecule has 0 aromatic heterocycles. The van der Waals surface area contributed by atoms with E-state index in [1.807, 2.05) is 0 Å². The summed E-state index contributed by atoms with van der Waals surface area (Å²) in [6, 6.07) is -2.31. The van der Waals surface area contributed by atoms with E-state index in [1.54, 1.807) is 6.92 Å². The van der Waals surface area contributed by atoms with Crippen molar-refractivity contribution < 1.29 is 157 Å². The third-order valence-corrected chi connectivity index (χ3v) is 10.5. The van der Waals surface area contributed by atoms with E-state index in [4.69, 9.17) is 42.6 Å². The molecule has 7 N–H and O–H groups in total. The molecule has 4 aliphatic rings. The largest absolute Gasteiger partial charge is 1.00 e. The van der Waals surface area contributed by atoms with Crippen LogP contribution in [-0.4, -0.2) is 188 Å². The van der Waals surface area contributed by atoms with Crippen LogP contribution >= 0.6 is 0 Å². The average molecular weight is 871 g/mol. The fourth-order valence-electron chi connectivity index (χ4n) is 7.48. The van der Waals surface area contributed by atoms with Gasteiger partial charge < -0.3 is 98.6 Å². The molecule has 59 heavy (non-hydrogen) atoms. The number of rotatable bonds is 18. The van der Waals surface area contributed by atoms with E-state index >= 15 is 0 Å². The predicted octanol–water partition coefficient (Wildman–Crippen LogP) is -12.1. The van der Waals surface area contributed by atoms with Gasteiger partial charge in [-0.05, 0) is 12.8 Å². The van der Waals surface area contributed by atoms with Gasteiger partial charge in [0.25, 0.3) is 0 Å². The minimum Gasteiger partial charge on any atom is -0.550 e. The van der Waals surface area contributed by atoms with Crippen LogP contribution in [0.2, 0.25) is 0 Å². The van der Waals surface area contributed by atoms with E-state index in [0.717, 1.165) is 6.92 Å². The summed E-state index contributed by atoms with van der Waals surface area (Å²) in [6.07, 6.45) is -20.7. The summed E-state index contributed by atoms with van der Waals surface area (Å²) in [5.41, 5.74) is 0. The Morgan fingerprint density at radius 1 is 0.712 bits per heavy atom. The van der Waals surface area contributed by atoms with Gasteiger partial charge in [-0.25, -0.2) is 0 Å². The normalized spacial score (nSPS) is 39.1. The van der Waals surface area contributed by atoms with Crippen LogP contribution in [0, 0.1) is 5.92 Å². The molecule has 18 unspecified atom stereocenters. The Bertz CT molecular complexity index is 1340. The second-order valence-electron chi connectivity index (χ2n) is 14.6. The van der Waals surface area contributed by atoms with E-state index < -0.39 is 147 Å². The molecule has 4 fully saturated rings. The van der Waals surface area contributed by atoms with Gasteiger partial charge in [0, 0.05) is 59.2 Å². The quantitative estimate of drug-likeness (QED) is 0.0629. The first-order valence-electron chi connectivity index (χ1n) is 18.9. The molecule has 328 valence electrons. The van der Waals surface area contributed by atoms with Gasteiger partial charge in [0.2, 0.25) is 11.8 Å². The summed E-state index contributed by atoms with van der Waals surface area (Å²) < 4.78 is 51.8. The number of ether oxygens (including phenoxy) is 9. The number of amides is 2. The van der Waals surface area contributed by atoms with Crippen molar-refractivity contribution in [2.45, 2.75) is 157 Å². The molecule has 3 heterocycles. The Balaban J connectivity index is 0.00000600. The van der Waals surface area contributed by atoms with Crippen molar-refractivity contribution in [1.29, 1.82) is 0 Å². The number of carboxylic acids is 2. The van der Waals surface area contributed by atoms with E-state index in [2.05, 4.69) is 10.6 Å². The third kappa shape index (κ3) is 14.7. The molecule has 4 rings (SSSR count). The minimum atomic E-state index is -2.00. The van der Waals surface area contributed by atoms with Crippen molar-refractivity contribution >= 4 is 23.8 Å². The summed E-state index contributed by atoms with van der Waals surface area (Å²) in [5, 5.41) is 83.4. The zero-order chi connectivity index (χ0) is 42.1. The van der Waals surface area contributed by atoms with E-state index in [1.165, 1.54) is 21.1 Å². The summed E-state index contributed by atoms with van der Waals surface area (Å²) in [4.78, 5) is 49.0. The molecule has 0 aromatic rings. The monoisotopic (exact) mass is 870 g/mol. The summed E-state index contributed by atoms with van der Waals surface area (Å²) >= 11 is 0. The van der Waals surface area contributed by atoms with Crippen molar-refractivity contribution in [1.82, 2.24) is 10.6 Å². The number of carboxylic acid groups (broad SMARTS) is 2. The molecule has 0 radical (unpaired) electrons. The SMILES string of the molecule is CCC(O)COCC1CC(OC2CC(C(=O)[O-])C(OC3OC(CO)CC(OC4OC(C(=O)[O-])CC(OC)C4O)C3NC(C)=O)C(O)C2O)C(NC(C)=O)C(OC)O1.[Na+].[Na+]. The number of aliphatic carboxylic acids is 2. The van der Waals surface area contributed by atoms with Crippen LogP contribution in [0.5, 0.6) is 0 Å². The maximum atomic E-state index is 12.7. The summed E-state index contributed by atoms with van der Waals surface area (Å²) in [5.74, 6) is -6.13. The van der Waals surface area contributed by atoms with Gasteiger partial charge in [0.15, 0.2) is 18.9 Å². The average Bonchev–Trinajstić information content (AvgIpc) is 3.16. The van der Waals surface area contributed by atoms with Gasteiger partial charge in [0.05, 0.1) is 74.6 Å². The summed E-state index contributed by atoms with van der Waals surface area (Å²) in [7, 11) is 2.57. The topological polar surface area (TPSA) is 323 Å². The molecule has 24 heteroatoms. The zero-order valence-corrected chi connectivity index (χ0v) is 38.4. The Kier molecular flexibility index (Phi) is 23.6. The molecule has 0 bridgehead atoms. The molecule has 1 saturated carbocycles. The van der Waals surface area contributed by atoms with Crippen molar-refractivity contribution in [3.63, 3.8) is 0 Å². The molecule has 22 nitrogen and oxygen atoms in total. The molecular formula is C35H56N2Na2O20. The molecule has 1 aliphatic carbocycles. The van der Waals surface area contributed by atoms with Crippen LogP contribution < -0.4 is 80.0 Å². The minimum absolute atomic E-state index is 0. The second kappa shape index (κ2) is 25.6. The van der Waals surface area contributed by atoms with Gasteiger partial charge in [-0.3, -0.25) is 9.59 Å². The molecule has 0 spiro atoms. The number of carbonyl (C=O) groups is 4. The first-order valence-corrected chi connectivity index (χ1v) is 18.9. The molecule has 3 aliphatic heterocycles. The molecule has 3 saturated heterocycles. The van der Waals surface area contributed by atoms with Crippen molar-refractivity contribution in [3.05, 3.63) is 0 Å². The van der Waals surface area contributed by atoms with Crippen LogP contribution in [0.3, 0.4) is 0 Å². The summed E-state index contributed by atoms with van der Waals surface area (Å²) in [6.45, 7) is 3.53. The Morgan fingerprint density at radius 2 is 1.31 bits per heavy atom. The molecule has 18 atom stereocenters. The van der Waals surface area contributed by atoms with E-state index in [9.17, 15) is 54.9 Å². The Labute approximate surface area is 385 Å². The van der Waals surface area contributed by atoms with Crippen LogP contribution in [-0.2, 0) is 61.8 Å². The maximum absolute atomic E-state index is 12.7. The van der Waals surface area contributed by atoms with Crippen molar-refractivity contribution in [2.24, 2.45) is 5.92 Å². The fourth-order valence-corrected chi connectivity index (χ4v) is 7.48. The molecule has 2 amide bonds. The standard InChI is InChI=1S/C35H58N2O20.2Na/c1-6-16(41)12-51-13-18-8-20(25(36-14(2)39)33(50-5)53-18)54-23-9-19(31(45)46)30(29(44)27(23)42)57-34-26(37-15(3)40)21(7-17(11-38)52-34)55-35-28(43)22(49-4)10-24(56-35)32(47)48;;/h16-30,33-35,38,41-44H,6-13H2,1-5H3,(H,36,39)(H,37,40)(H,45,46)(H,47,48);;/q;2*+1/p-2. The predicted molar refractivity (Wildman–Crippen MR) is 182 cm³/mol. The number of hydrogen-bond donors (Lipinski definition) is 7. The van der Waals surface area contributed by atoms with E-state index in [-0.39, 0.29) is 91.6 Å².